The second kappa shape index (κ2) is 9.32. The Labute approximate surface area is 184 Å². The fraction of sp³-hybridized carbons (Fsp3) is 0.667. The summed E-state index contributed by atoms with van der Waals surface area (Å²) in [7, 11) is -4.94. The summed E-state index contributed by atoms with van der Waals surface area (Å²) in [4.78, 5) is 77.0. The number of carbonyl (C=O) groups is 6. The topological polar surface area (TPSA) is 185 Å². The molecule has 0 aromatic rings. The molecule has 2 rings (SSSR count). The molecule has 0 N–H and O–H groups in total. The van der Waals surface area contributed by atoms with Gasteiger partial charge in [-0.15, -0.1) is 10.1 Å². The van der Waals surface area contributed by atoms with Gasteiger partial charge in [0.1, 0.15) is 15.4 Å². The van der Waals surface area contributed by atoms with Crippen LogP contribution in [0.15, 0.2) is 0 Å². The van der Waals surface area contributed by atoms with Crippen LogP contribution in [0.2, 0.25) is 0 Å². The predicted octanol–water partition coefficient (Wildman–Crippen LogP) is -0.197. The highest BCUT2D eigenvalue weighted by molar-refractivity contribution is 7.87. The van der Waals surface area contributed by atoms with Crippen LogP contribution in [0.3, 0.4) is 0 Å². The molecule has 0 aromatic carbocycles. The molecule has 2 aliphatic rings. The summed E-state index contributed by atoms with van der Waals surface area (Å²) in [6, 6.07) is 0. The molecule has 2 heterocycles. The molecule has 0 bridgehead atoms. The van der Waals surface area contributed by atoms with Gasteiger partial charge < -0.3 is 14.2 Å². The highest BCUT2D eigenvalue weighted by atomic mass is 32.2. The van der Waals surface area contributed by atoms with E-state index in [4.69, 9.17) is 4.84 Å². The van der Waals surface area contributed by atoms with Gasteiger partial charge in [0.25, 0.3) is 23.6 Å². The van der Waals surface area contributed by atoms with Crippen molar-refractivity contribution in [2.45, 2.75) is 66.1 Å². The van der Waals surface area contributed by atoms with Gasteiger partial charge in [0, 0.05) is 12.8 Å². The van der Waals surface area contributed by atoms with Crippen LogP contribution in [0.4, 0.5) is 0 Å². The third kappa shape index (κ3) is 6.82. The SMILES string of the molecule is CC(C)(C)C(=O)ON1C(=O)CC(S(=O)(=O)[O-])C1=O.CC(C)(C)C(=O)ON1C(=O)CCC1=O. The molecule has 1 unspecified atom stereocenters. The molecule has 2 aliphatic heterocycles. The lowest BCUT2D eigenvalue weighted by molar-refractivity contribution is -0.203. The van der Waals surface area contributed by atoms with Crippen molar-refractivity contribution < 1.29 is 51.4 Å². The monoisotopic (exact) mass is 477 g/mol. The number of imide groups is 2. The summed E-state index contributed by atoms with van der Waals surface area (Å²) in [6.45, 7) is 9.42. The van der Waals surface area contributed by atoms with E-state index in [1.807, 2.05) is 0 Å². The molecular formula is C18H25N2O11S-. The lowest BCUT2D eigenvalue weighted by atomic mass is 9.98. The summed E-state index contributed by atoms with van der Waals surface area (Å²) < 4.78 is 32.2. The summed E-state index contributed by atoms with van der Waals surface area (Å²) in [6.07, 6.45) is -0.561. The molecule has 2 fully saturated rings. The Morgan fingerprint density at radius 3 is 1.50 bits per heavy atom. The third-order valence-electron chi connectivity index (χ3n) is 3.99. The molecule has 0 aromatic heterocycles. The smallest absolute Gasteiger partial charge is 0.338 e. The number of rotatable bonds is 3. The van der Waals surface area contributed by atoms with E-state index in [1.165, 1.54) is 20.8 Å². The molecule has 0 spiro atoms. The van der Waals surface area contributed by atoms with Gasteiger partial charge in [-0.1, -0.05) is 0 Å². The van der Waals surface area contributed by atoms with Gasteiger partial charge in [-0.2, -0.15) is 0 Å². The molecule has 0 aliphatic carbocycles. The Balaban J connectivity index is 0.000000330. The number of nitrogens with zero attached hydrogens (tertiary/aromatic N) is 2. The van der Waals surface area contributed by atoms with Crippen LogP contribution < -0.4 is 0 Å². The van der Waals surface area contributed by atoms with E-state index in [-0.39, 0.29) is 17.9 Å². The van der Waals surface area contributed by atoms with Gasteiger partial charge >= 0.3 is 11.9 Å². The van der Waals surface area contributed by atoms with Crippen LogP contribution >= 0.6 is 0 Å². The van der Waals surface area contributed by atoms with Crippen molar-refractivity contribution in [1.82, 2.24) is 10.1 Å². The van der Waals surface area contributed by atoms with E-state index in [1.54, 1.807) is 20.8 Å². The lowest BCUT2D eigenvalue weighted by Gasteiger charge is -2.20. The number of amides is 4. The van der Waals surface area contributed by atoms with E-state index in [0.717, 1.165) is 0 Å². The molecule has 14 heteroatoms. The maximum Gasteiger partial charge on any atom is 0.338 e. The van der Waals surface area contributed by atoms with Crippen LogP contribution in [-0.2, 0) is 48.6 Å². The second-order valence-electron chi connectivity index (χ2n) is 9.05. The van der Waals surface area contributed by atoms with E-state index in [0.29, 0.717) is 5.06 Å². The van der Waals surface area contributed by atoms with E-state index < -0.39 is 68.2 Å². The third-order valence-corrected chi connectivity index (χ3v) is 5.05. The minimum atomic E-state index is -4.94. The molecule has 2 saturated heterocycles. The quantitative estimate of drug-likeness (QED) is 0.387. The number of hydrogen-bond donors (Lipinski definition) is 0. The van der Waals surface area contributed by atoms with Crippen LogP contribution in [0, 0.1) is 10.8 Å². The molecule has 4 amide bonds. The van der Waals surface area contributed by atoms with Crippen molar-refractivity contribution in [3.05, 3.63) is 0 Å². The summed E-state index contributed by atoms with van der Waals surface area (Å²) in [5.74, 6) is -4.72. The van der Waals surface area contributed by atoms with Gasteiger partial charge in [-0.3, -0.25) is 19.2 Å². The van der Waals surface area contributed by atoms with E-state index >= 15 is 0 Å². The fourth-order valence-electron chi connectivity index (χ4n) is 2.00. The maximum atomic E-state index is 11.5. The zero-order valence-electron chi connectivity index (χ0n) is 18.5. The number of hydrogen-bond acceptors (Lipinski definition) is 11. The Hall–Kier alpha value is -2.87. The highest BCUT2D eigenvalue weighted by Gasteiger charge is 2.46. The van der Waals surface area contributed by atoms with Gasteiger partial charge in [-0.25, -0.2) is 18.0 Å². The molecule has 0 saturated carbocycles. The largest absolute Gasteiger partial charge is 0.747 e. The fourth-order valence-corrected chi connectivity index (χ4v) is 2.69. The minimum Gasteiger partial charge on any atom is -0.747 e. The highest BCUT2D eigenvalue weighted by Crippen LogP contribution is 2.23. The lowest BCUT2D eigenvalue weighted by Crippen LogP contribution is -2.39. The van der Waals surface area contributed by atoms with Crippen molar-refractivity contribution in [2.75, 3.05) is 0 Å². The minimum absolute atomic E-state index is 0.0493. The van der Waals surface area contributed by atoms with E-state index in [2.05, 4.69) is 4.84 Å². The molecular weight excluding hydrogens is 452 g/mol. The zero-order valence-corrected chi connectivity index (χ0v) is 19.3. The Morgan fingerprint density at radius 2 is 1.19 bits per heavy atom. The zero-order chi connectivity index (χ0) is 25.2. The van der Waals surface area contributed by atoms with Crippen LogP contribution in [-0.4, -0.2) is 63.9 Å². The van der Waals surface area contributed by atoms with Crippen LogP contribution in [0.25, 0.3) is 0 Å². The first-order valence-corrected chi connectivity index (χ1v) is 10.9. The first-order chi connectivity index (χ1) is 14.3. The van der Waals surface area contributed by atoms with Crippen molar-refractivity contribution in [2.24, 2.45) is 10.8 Å². The average molecular weight is 477 g/mol. The predicted molar refractivity (Wildman–Crippen MR) is 102 cm³/mol. The van der Waals surface area contributed by atoms with Gasteiger partial charge in [0.2, 0.25) is 0 Å². The molecule has 13 nitrogen and oxygen atoms in total. The van der Waals surface area contributed by atoms with Crippen molar-refractivity contribution in [3.8, 4) is 0 Å². The first-order valence-electron chi connectivity index (χ1n) is 9.39. The maximum absolute atomic E-state index is 11.5. The standard InChI is InChI=1S/C9H13NO7S.C9H13NO4/c1-9(2,3)8(13)17-10-6(11)4-5(7(10)12)18(14,15)16;1-9(2,3)8(13)14-10-6(11)4-5-7(10)12/h5H,4H2,1-3H3,(H,14,15,16);4-5H2,1-3H3/p-1. The number of hydroxylamine groups is 4. The van der Waals surface area contributed by atoms with Crippen molar-refractivity contribution >= 4 is 45.7 Å². The van der Waals surface area contributed by atoms with Crippen molar-refractivity contribution in [1.29, 1.82) is 0 Å². The normalized spacial score (nSPS) is 19.7. The Bertz CT molecular complexity index is 925. The first kappa shape index (κ1) is 27.2. The Morgan fingerprint density at radius 1 is 0.812 bits per heavy atom. The molecule has 1 atom stereocenters. The summed E-state index contributed by atoms with van der Waals surface area (Å²) in [5, 5.41) is -1.40. The van der Waals surface area contributed by atoms with Crippen LogP contribution in [0.1, 0.15) is 60.8 Å². The molecule has 0 radical (unpaired) electrons. The van der Waals surface area contributed by atoms with Crippen molar-refractivity contribution in [3.63, 3.8) is 0 Å². The Kier molecular flexibility index (Phi) is 7.91. The number of carbonyl (C=O) groups excluding carboxylic acids is 6. The molecule has 180 valence electrons. The molecule has 32 heavy (non-hydrogen) atoms. The average Bonchev–Trinajstić information content (AvgIpc) is 3.08. The van der Waals surface area contributed by atoms with Gasteiger partial charge in [-0.05, 0) is 41.5 Å². The van der Waals surface area contributed by atoms with Crippen LogP contribution in [0.5, 0.6) is 0 Å². The van der Waals surface area contributed by atoms with E-state index in [9.17, 15) is 41.7 Å². The summed E-state index contributed by atoms with van der Waals surface area (Å²) >= 11 is 0. The second-order valence-corrected chi connectivity index (χ2v) is 10.6. The summed E-state index contributed by atoms with van der Waals surface area (Å²) in [5.41, 5.74) is -1.70. The van der Waals surface area contributed by atoms with Gasteiger partial charge in [0.05, 0.1) is 17.3 Å². The van der Waals surface area contributed by atoms with Gasteiger partial charge in [0.15, 0.2) is 0 Å².